The number of rotatable bonds is 4. The van der Waals surface area contributed by atoms with Crippen LogP contribution in [0.15, 0.2) is 17.5 Å². The summed E-state index contributed by atoms with van der Waals surface area (Å²) in [6.45, 7) is 3.83. The van der Waals surface area contributed by atoms with E-state index in [4.69, 9.17) is 14.6 Å². The molecule has 0 radical (unpaired) electrons. The van der Waals surface area contributed by atoms with E-state index in [9.17, 15) is 18.0 Å². The average Bonchev–Trinajstić information content (AvgIpc) is 3.33. The van der Waals surface area contributed by atoms with E-state index in [-0.39, 0.29) is 17.9 Å². The van der Waals surface area contributed by atoms with Gasteiger partial charge in [-0.25, -0.2) is 4.79 Å². The molecular formula is C19H25F3N2O4S. The van der Waals surface area contributed by atoms with Crippen LogP contribution in [0.3, 0.4) is 0 Å². The molecule has 1 aromatic rings. The first-order chi connectivity index (χ1) is 13.7. The maximum Gasteiger partial charge on any atom is 0.490 e. The number of carboxylic acids is 1. The normalized spacial score (nSPS) is 27.3. The first kappa shape index (κ1) is 22.0. The van der Waals surface area contributed by atoms with Crippen molar-refractivity contribution < 1.29 is 32.6 Å². The molecule has 10 heteroatoms. The maximum atomic E-state index is 12.5. The number of fused-ring (bicyclic) bond motifs is 1. The Labute approximate surface area is 171 Å². The number of halogens is 3. The van der Waals surface area contributed by atoms with Crippen LogP contribution in [-0.2, 0) is 20.9 Å². The first-order valence-corrected chi connectivity index (χ1v) is 10.6. The number of likely N-dealkylation sites (tertiary alicyclic amines) is 1. The lowest BCUT2D eigenvalue weighted by molar-refractivity contribution is -0.192. The summed E-state index contributed by atoms with van der Waals surface area (Å²) in [5.74, 6) is -1.97. The average molecular weight is 434 g/mol. The Kier molecular flexibility index (Phi) is 7.18. The maximum absolute atomic E-state index is 12.5. The van der Waals surface area contributed by atoms with E-state index in [1.807, 2.05) is 11.3 Å². The number of thiophene rings is 1. The molecule has 4 rings (SSSR count). The highest BCUT2D eigenvalue weighted by molar-refractivity contribution is 7.09. The predicted octanol–water partition coefficient (Wildman–Crippen LogP) is 2.89. The molecule has 1 amide bonds. The number of alkyl halides is 3. The third kappa shape index (κ3) is 6.42. The van der Waals surface area contributed by atoms with Gasteiger partial charge in [0.05, 0.1) is 6.10 Å². The van der Waals surface area contributed by atoms with Crippen molar-refractivity contribution >= 4 is 23.2 Å². The van der Waals surface area contributed by atoms with Gasteiger partial charge >= 0.3 is 12.1 Å². The van der Waals surface area contributed by atoms with Gasteiger partial charge in [0.2, 0.25) is 5.91 Å². The fourth-order valence-corrected chi connectivity index (χ4v) is 4.56. The highest BCUT2D eigenvalue weighted by Gasteiger charge is 2.42. The molecule has 3 fully saturated rings. The molecule has 0 spiro atoms. The van der Waals surface area contributed by atoms with Crippen molar-refractivity contribution in [3.05, 3.63) is 22.4 Å². The van der Waals surface area contributed by atoms with E-state index < -0.39 is 12.1 Å². The molecule has 162 valence electrons. The molecule has 1 aromatic heterocycles. The molecule has 3 atom stereocenters. The molecule has 0 aromatic carbocycles. The van der Waals surface area contributed by atoms with Gasteiger partial charge in [0.25, 0.3) is 0 Å². The molecule has 2 aliphatic heterocycles. The fourth-order valence-electron chi connectivity index (χ4n) is 3.81. The number of carboxylic acid groups (broad SMARTS) is 1. The summed E-state index contributed by atoms with van der Waals surface area (Å²) in [5, 5.41) is 12.5. The third-order valence-corrected chi connectivity index (χ3v) is 6.28. The minimum Gasteiger partial charge on any atom is -0.475 e. The van der Waals surface area contributed by atoms with Gasteiger partial charge < -0.3 is 15.2 Å². The molecule has 1 aliphatic carbocycles. The second kappa shape index (κ2) is 9.44. The number of amides is 1. The second-order valence-electron chi connectivity index (χ2n) is 7.66. The topological polar surface area (TPSA) is 78.9 Å². The molecule has 3 heterocycles. The number of piperidine rings is 1. The van der Waals surface area contributed by atoms with E-state index in [0.29, 0.717) is 12.0 Å². The number of nitrogens with one attached hydrogen (secondary N) is 1. The number of carbonyl (C=O) groups is 2. The monoisotopic (exact) mass is 434 g/mol. The largest absolute Gasteiger partial charge is 0.490 e. The predicted molar refractivity (Wildman–Crippen MR) is 100 cm³/mol. The molecular weight excluding hydrogens is 409 g/mol. The minimum absolute atomic E-state index is 0.144. The van der Waals surface area contributed by atoms with Crippen molar-refractivity contribution in [2.24, 2.45) is 11.8 Å². The smallest absolute Gasteiger partial charge is 0.475 e. The summed E-state index contributed by atoms with van der Waals surface area (Å²) >= 11 is 1.82. The highest BCUT2D eigenvalue weighted by Crippen LogP contribution is 2.34. The van der Waals surface area contributed by atoms with E-state index in [0.717, 1.165) is 51.9 Å². The number of hydrogen-bond donors (Lipinski definition) is 2. The molecule has 2 N–H and O–H groups in total. The van der Waals surface area contributed by atoms with Crippen LogP contribution in [0.1, 0.15) is 30.6 Å². The molecule has 1 saturated carbocycles. The van der Waals surface area contributed by atoms with Crippen LogP contribution in [0, 0.1) is 11.8 Å². The standard InChI is InChI=1S/C17H24N2O2S.C2HF3O2/c20-17(18-12-3-4-12)14-6-8-21-16-5-7-19(11-15(14)16)10-13-2-1-9-22-13;3-2(4,5)1(6)7/h1-2,9,12,14-16H,3-8,10-11H2,(H,18,20);(H,6,7)/t14-,15+,16-;/m1./s1. The van der Waals surface area contributed by atoms with Crippen LogP contribution in [0.4, 0.5) is 13.2 Å². The van der Waals surface area contributed by atoms with Crippen LogP contribution in [0.25, 0.3) is 0 Å². The van der Waals surface area contributed by atoms with Crippen molar-refractivity contribution in [3.8, 4) is 0 Å². The number of aliphatic carboxylic acids is 1. The van der Waals surface area contributed by atoms with Gasteiger partial charge in [0, 0.05) is 49.0 Å². The van der Waals surface area contributed by atoms with Gasteiger partial charge in [-0.3, -0.25) is 9.69 Å². The lowest BCUT2D eigenvalue weighted by Gasteiger charge is -2.44. The molecule has 6 nitrogen and oxygen atoms in total. The molecule has 2 saturated heterocycles. The van der Waals surface area contributed by atoms with Crippen molar-refractivity contribution in [2.75, 3.05) is 19.7 Å². The van der Waals surface area contributed by atoms with Crippen LogP contribution in [-0.4, -0.2) is 59.9 Å². The van der Waals surface area contributed by atoms with Crippen molar-refractivity contribution in [1.29, 1.82) is 0 Å². The van der Waals surface area contributed by atoms with Crippen molar-refractivity contribution in [1.82, 2.24) is 10.2 Å². The zero-order valence-corrected chi connectivity index (χ0v) is 16.7. The first-order valence-electron chi connectivity index (χ1n) is 9.71. The van der Waals surface area contributed by atoms with E-state index >= 15 is 0 Å². The van der Waals surface area contributed by atoms with Crippen LogP contribution >= 0.6 is 11.3 Å². The molecule has 0 bridgehead atoms. The van der Waals surface area contributed by atoms with Crippen LogP contribution in [0.2, 0.25) is 0 Å². The summed E-state index contributed by atoms with van der Waals surface area (Å²) in [6.07, 6.45) is -0.542. The lowest BCUT2D eigenvalue weighted by atomic mass is 9.79. The molecule has 29 heavy (non-hydrogen) atoms. The highest BCUT2D eigenvalue weighted by atomic mass is 32.1. The zero-order valence-electron chi connectivity index (χ0n) is 15.9. The number of hydrogen-bond acceptors (Lipinski definition) is 5. The minimum atomic E-state index is -5.08. The van der Waals surface area contributed by atoms with Crippen LogP contribution in [0.5, 0.6) is 0 Å². The van der Waals surface area contributed by atoms with Gasteiger partial charge in [-0.1, -0.05) is 6.07 Å². The number of ether oxygens (including phenoxy) is 1. The number of carbonyl (C=O) groups excluding carboxylic acids is 1. The Morgan fingerprint density at radius 3 is 2.59 bits per heavy atom. The summed E-state index contributed by atoms with van der Waals surface area (Å²) in [4.78, 5) is 25.4. The van der Waals surface area contributed by atoms with Gasteiger partial charge in [-0.05, 0) is 37.1 Å². The fraction of sp³-hybridized carbons (Fsp3) is 0.684. The third-order valence-electron chi connectivity index (χ3n) is 5.42. The SMILES string of the molecule is O=C(NC1CC1)[C@@H]1CCO[C@@H]2CCN(Cc3cccs3)C[C@H]21.O=C(O)C(F)(F)F. The zero-order chi connectivity index (χ0) is 21.0. The Hall–Kier alpha value is -1.65. The Bertz CT molecular complexity index is 694. The van der Waals surface area contributed by atoms with Gasteiger partial charge in [0.1, 0.15) is 0 Å². The second-order valence-corrected chi connectivity index (χ2v) is 8.69. The van der Waals surface area contributed by atoms with Gasteiger partial charge in [0.15, 0.2) is 0 Å². The van der Waals surface area contributed by atoms with Crippen LogP contribution < -0.4 is 5.32 Å². The van der Waals surface area contributed by atoms with Crippen molar-refractivity contribution in [3.63, 3.8) is 0 Å². The summed E-state index contributed by atoms with van der Waals surface area (Å²) in [7, 11) is 0. The molecule has 0 unspecified atom stereocenters. The van der Waals surface area contributed by atoms with Gasteiger partial charge in [-0.2, -0.15) is 13.2 Å². The summed E-state index contributed by atoms with van der Waals surface area (Å²) in [5.41, 5.74) is 0. The van der Waals surface area contributed by atoms with Crippen molar-refractivity contribution in [2.45, 2.75) is 50.6 Å². The van der Waals surface area contributed by atoms with E-state index in [1.165, 1.54) is 4.88 Å². The quantitative estimate of drug-likeness (QED) is 0.762. The Balaban J connectivity index is 0.000000298. The van der Waals surface area contributed by atoms with Gasteiger partial charge in [-0.15, -0.1) is 11.3 Å². The summed E-state index contributed by atoms with van der Waals surface area (Å²) in [6, 6.07) is 4.77. The lowest BCUT2D eigenvalue weighted by Crippen LogP contribution is -2.53. The molecule has 3 aliphatic rings. The number of nitrogens with zero attached hydrogens (tertiary/aromatic N) is 1. The van der Waals surface area contributed by atoms with E-state index in [2.05, 4.69) is 27.7 Å². The Morgan fingerprint density at radius 2 is 2.00 bits per heavy atom. The Morgan fingerprint density at radius 1 is 1.28 bits per heavy atom. The summed E-state index contributed by atoms with van der Waals surface area (Å²) < 4.78 is 37.7. The van der Waals surface area contributed by atoms with E-state index in [1.54, 1.807) is 0 Å².